The Kier molecular flexibility index (Phi) is 5.22. The molecule has 1 aliphatic heterocycles. The Labute approximate surface area is 149 Å². The van der Waals surface area contributed by atoms with E-state index in [-0.39, 0.29) is 5.91 Å². The molecule has 25 heavy (non-hydrogen) atoms. The van der Waals surface area contributed by atoms with Crippen molar-refractivity contribution in [2.24, 2.45) is 5.92 Å². The Morgan fingerprint density at radius 2 is 1.88 bits per heavy atom. The number of likely N-dealkylation sites (tertiary alicyclic amines) is 1. The molecule has 1 aromatic heterocycles. The fourth-order valence-electron chi connectivity index (χ4n) is 3.14. The highest BCUT2D eigenvalue weighted by Crippen LogP contribution is 2.21. The van der Waals surface area contributed by atoms with Crippen LogP contribution in [0.3, 0.4) is 0 Å². The second-order valence-electron chi connectivity index (χ2n) is 7.00. The number of nitrogens with one attached hydrogen (secondary N) is 1. The van der Waals surface area contributed by atoms with Gasteiger partial charge in [-0.05, 0) is 55.2 Å². The van der Waals surface area contributed by atoms with Gasteiger partial charge >= 0.3 is 0 Å². The molecule has 1 fully saturated rings. The van der Waals surface area contributed by atoms with Crippen molar-refractivity contribution < 1.29 is 4.79 Å². The summed E-state index contributed by atoms with van der Waals surface area (Å²) in [5.41, 5.74) is 3.54. The maximum absolute atomic E-state index is 12.6. The summed E-state index contributed by atoms with van der Waals surface area (Å²) in [5.74, 6) is 0.609. The molecule has 0 radical (unpaired) electrons. The number of aromatic nitrogens is 1. The van der Waals surface area contributed by atoms with Gasteiger partial charge in [0.25, 0.3) is 5.91 Å². The van der Waals surface area contributed by atoms with Crippen LogP contribution in [0.2, 0.25) is 0 Å². The van der Waals surface area contributed by atoms with Crippen LogP contribution >= 0.6 is 0 Å². The van der Waals surface area contributed by atoms with Crippen LogP contribution in [0.25, 0.3) is 0 Å². The molecule has 0 aliphatic carbocycles. The molecule has 1 N–H and O–H groups in total. The van der Waals surface area contributed by atoms with E-state index in [0.29, 0.717) is 11.6 Å². The number of benzene rings is 1. The van der Waals surface area contributed by atoms with Crippen LogP contribution in [0.1, 0.15) is 30.3 Å². The highest BCUT2D eigenvalue weighted by Gasteiger charge is 2.22. The Morgan fingerprint density at radius 1 is 1.16 bits per heavy atom. The fourth-order valence-corrected chi connectivity index (χ4v) is 3.14. The van der Waals surface area contributed by atoms with Gasteiger partial charge < -0.3 is 15.1 Å². The fraction of sp³-hybridized carbons (Fsp3) is 0.400. The molecule has 3 rings (SSSR count). The minimum atomic E-state index is 0.0356. The maximum Gasteiger partial charge on any atom is 0.272 e. The van der Waals surface area contributed by atoms with Gasteiger partial charge in [0.15, 0.2) is 0 Å². The van der Waals surface area contributed by atoms with E-state index >= 15 is 0 Å². The van der Waals surface area contributed by atoms with E-state index in [4.69, 9.17) is 0 Å². The first-order chi connectivity index (χ1) is 12.0. The summed E-state index contributed by atoms with van der Waals surface area (Å²) < 4.78 is 0. The second-order valence-corrected chi connectivity index (χ2v) is 7.00. The summed E-state index contributed by atoms with van der Waals surface area (Å²) in [6.45, 7) is 3.86. The minimum absolute atomic E-state index is 0.0356. The third kappa shape index (κ3) is 4.29. The number of hydrogen-bond donors (Lipinski definition) is 1. The van der Waals surface area contributed by atoms with E-state index in [1.54, 1.807) is 12.3 Å². The predicted octanol–water partition coefficient (Wildman–Crippen LogP) is 3.76. The Balaban J connectivity index is 1.64. The number of rotatable bonds is 4. The monoisotopic (exact) mass is 338 g/mol. The zero-order valence-corrected chi connectivity index (χ0v) is 15.2. The molecule has 1 unspecified atom stereocenters. The van der Waals surface area contributed by atoms with E-state index in [2.05, 4.69) is 34.3 Å². The largest absolute Gasteiger partial charge is 0.378 e. The molecular formula is C20H26N4O. The van der Waals surface area contributed by atoms with Gasteiger partial charge in [0.2, 0.25) is 0 Å². The number of nitrogens with zero attached hydrogens (tertiary/aromatic N) is 3. The lowest BCUT2D eigenvalue weighted by Gasteiger charge is -2.30. The number of piperidine rings is 1. The van der Waals surface area contributed by atoms with E-state index in [0.717, 1.165) is 36.6 Å². The van der Waals surface area contributed by atoms with E-state index < -0.39 is 0 Å². The van der Waals surface area contributed by atoms with E-state index in [9.17, 15) is 4.79 Å². The lowest BCUT2D eigenvalue weighted by Crippen LogP contribution is -2.39. The number of pyridine rings is 1. The number of anilines is 3. The molecule has 1 saturated heterocycles. The zero-order valence-electron chi connectivity index (χ0n) is 15.2. The molecule has 0 bridgehead atoms. The highest BCUT2D eigenvalue weighted by molar-refractivity contribution is 5.92. The molecule has 2 aromatic rings. The molecule has 132 valence electrons. The van der Waals surface area contributed by atoms with Crippen molar-refractivity contribution in [2.45, 2.75) is 19.8 Å². The van der Waals surface area contributed by atoms with Crippen LogP contribution in [0.4, 0.5) is 17.1 Å². The maximum atomic E-state index is 12.6. The average molecular weight is 338 g/mol. The Morgan fingerprint density at radius 3 is 2.48 bits per heavy atom. The molecule has 1 atom stereocenters. The van der Waals surface area contributed by atoms with E-state index in [1.807, 2.05) is 37.2 Å². The first-order valence-corrected chi connectivity index (χ1v) is 8.82. The SMILES string of the molecule is CC1CCCN(C(=O)c2ccc(Nc3ccc(N(C)C)cc3)cn2)C1. The molecular weight excluding hydrogens is 312 g/mol. The van der Waals surface area contributed by atoms with Crippen LogP contribution in [-0.4, -0.2) is 43.0 Å². The standard InChI is InChI=1S/C20H26N4O/c1-15-5-4-12-24(14-15)20(25)19-11-8-17(13-21-19)22-16-6-9-18(10-7-16)23(2)3/h6-11,13,15,22H,4-5,12,14H2,1-3H3. The molecule has 5 heteroatoms. The predicted molar refractivity (Wildman–Crippen MR) is 103 cm³/mol. The molecule has 1 aromatic carbocycles. The molecule has 0 saturated carbocycles. The van der Waals surface area contributed by atoms with Crippen molar-refractivity contribution >= 4 is 23.0 Å². The molecule has 5 nitrogen and oxygen atoms in total. The van der Waals surface area contributed by atoms with Gasteiger partial charge in [0, 0.05) is 38.6 Å². The van der Waals surface area contributed by atoms with Crippen molar-refractivity contribution in [3.05, 3.63) is 48.3 Å². The molecule has 1 amide bonds. The number of hydrogen-bond acceptors (Lipinski definition) is 4. The first kappa shape index (κ1) is 17.3. The summed E-state index contributed by atoms with van der Waals surface area (Å²) >= 11 is 0. The third-order valence-electron chi connectivity index (χ3n) is 4.60. The first-order valence-electron chi connectivity index (χ1n) is 8.82. The quantitative estimate of drug-likeness (QED) is 0.922. The summed E-state index contributed by atoms with van der Waals surface area (Å²) in [6.07, 6.45) is 4.00. The average Bonchev–Trinajstić information content (AvgIpc) is 2.62. The zero-order chi connectivity index (χ0) is 17.8. The third-order valence-corrected chi connectivity index (χ3v) is 4.60. The van der Waals surface area contributed by atoms with Gasteiger partial charge in [-0.15, -0.1) is 0 Å². The minimum Gasteiger partial charge on any atom is -0.378 e. The van der Waals surface area contributed by atoms with Crippen molar-refractivity contribution in [1.29, 1.82) is 0 Å². The molecule has 2 heterocycles. The number of amides is 1. The summed E-state index contributed by atoms with van der Waals surface area (Å²) in [4.78, 5) is 20.9. The van der Waals surface area contributed by atoms with Gasteiger partial charge in [-0.2, -0.15) is 0 Å². The second kappa shape index (κ2) is 7.55. The summed E-state index contributed by atoms with van der Waals surface area (Å²) in [6, 6.07) is 11.9. The lowest BCUT2D eigenvalue weighted by atomic mass is 10.00. The smallest absolute Gasteiger partial charge is 0.272 e. The van der Waals surface area contributed by atoms with Crippen molar-refractivity contribution in [3.8, 4) is 0 Å². The summed E-state index contributed by atoms with van der Waals surface area (Å²) in [7, 11) is 4.04. The van der Waals surface area contributed by atoms with Crippen LogP contribution in [-0.2, 0) is 0 Å². The lowest BCUT2D eigenvalue weighted by molar-refractivity contribution is 0.0677. The molecule has 1 aliphatic rings. The Hall–Kier alpha value is -2.56. The van der Waals surface area contributed by atoms with Crippen molar-refractivity contribution in [2.75, 3.05) is 37.4 Å². The van der Waals surface area contributed by atoms with Gasteiger partial charge in [0.05, 0.1) is 11.9 Å². The van der Waals surface area contributed by atoms with Gasteiger partial charge in [-0.3, -0.25) is 4.79 Å². The normalized spacial score (nSPS) is 17.2. The van der Waals surface area contributed by atoms with Crippen molar-refractivity contribution in [3.63, 3.8) is 0 Å². The van der Waals surface area contributed by atoms with Gasteiger partial charge in [-0.1, -0.05) is 6.92 Å². The number of carbonyl (C=O) groups is 1. The Bertz CT molecular complexity index is 709. The van der Waals surface area contributed by atoms with Gasteiger partial charge in [-0.25, -0.2) is 4.98 Å². The highest BCUT2D eigenvalue weighted by atomic mass is 16.2. The number of carbonyl (C=O) groups excluding carboxylic acids is 1. The molecule has 0 spiro atoms. The van der Waals surface area contributed by atoms with E-state index in [1.165, 1.54) is 6.42 Å². The topological polar surface area (TPSA) is 48.5 Å². The van der Waals surface area contributed by atoms with Crippen LogP contribution in [0, 0.1) is 5.92 Å². The van der Waals surface area contributed by atoms with Gasteiger partial charge in [0.1, 0.15) is 5.69 Å². The van der Waals surface area contributed by atoms with Crippen LogP contribution in [0.5, 0.6) is 0 Å². The van der Waals surface area contributed by atoms with Crippen molar-refractivity contribution in [1.82, 2.24) is 9.88 Å². The van der Waals surface area contributed by atoms with Crippen LogP contribution in [0.15, 0.2) is 42.6 Å². The summed E-state index contributed by atoms with van der Waals surface area (Å²) in [5, 5.41) is 3.32. The van der Waals surface area contributed by atoms with Crippen LogP contribution < -0.4 is 10.2 Å².